The lowest BCUT2D eigenvalue weighted by atomic mass is 9.96. The molecule has 2 aromatic carbocycles. The van der Waals surface area contributed by atoms with Crippen molar-refractivity contribution >= 4 is 18.0 Å². The van der Waals surface area contributed by atoms with Crippen LogP contribution in [0.4, 0.5) is 0 Å². The summed E-state index contributed by atoms with van der Waals surface area (Å²) in [4.78, 5) is 25.5. The van der Waals surface area contributed by atoms with Crippen LogP contribution in [0.3, 0.4) is 0 Å². The third-order valence-corrected chi connectivity index (χ3v) is 5.07. The van der Waals surface area contributed by atoms with E-state index in [0.717, 1.165) is 38.6 Å². The number of hydrogen-bond acceptors (Lipinski definition) is 3. The molecule has 0 spiro atoms. The third-order valence-electron chi connectivity index (χ3n) is 5.07. The Morgan fingerprint density at radius 3 is 2.54 bits per heavy atom. The van der Waals surface area contributed by atoms with Gasteiger partial charge in [0.2, 0.25) is 0 Å². The summed E-state index contributed by atoms with van der Waals surface area (Å²) >= 11 is 0. The van der Waals surface area contributed by atoms with Gasteiger partial charge in [0.05, 0.1) is 0 Å². The SMILES string of the molecule is O=C(O)C=Cc1cccc(C(=O)NCC2CCN(Cc3ccccc3)CC2)c1. The molecular formula is C23H26N2O3. The Morgan fingerprint density at radius 2 is 1.82 bits per heavy atom. The normalized spacial score (nSPS) is 15.6. The van der Waals surface area contributed by atoms with Crippen LogP contribution in [0.2, 0.25) is 0 Å². The van der Waals surface area contributed by atoms with Gasteiger partial charge in [-0.3, -0.25) is 9.69 Å². The molecule has 0 unspecified atom stereocenters. The van der Waals surface area contributed by atoms with Crippen molar-refractivity contribution in [1.82, 2.24) is 10.2 Å². The van der Waals surface area contributed by atoms with E-state index in [4.69, 9.17) is 5.11 Å². The summed E-state index contributed by atoms with van der Waals surface area (Å²) in [7, 11) is 0. The maximum absolute atomic E-state index is 12.4. The monoisotopic (exact) mass is 378 g/mol. The molecule has 1 amide bonds. The van der Waals surface area contributed by atoms with E-state index in [1.165, 1.54) is 11.6 Å². The Hall–Kier alpha value is -2.92. The van der Waals surface area contributed by atoms with Crippen molar-refractivity contribution < 1.29 is 14.7 Å². The van der Waals surface area contributed by atoms with Gasteiger partial charge in [0.25, 0.3) is 5.91 Å². The molecule has 3 rings (SSSR count). The van der Waals surface area contributed by atoms with Crippen LogP contribution in [0.1, 0.15) is 34.3 Å². The molecule has 146 valence electrons. The van der Waals surface area contributed by atoms with E-state index in [1.807, 2.05) is 6.07 Å². The quantitative estimate of drug-likeness (QED) is 0.725. The Bertz CT molecular complexity index is 825. The summed E-state index contributed by atoms with van der Waals surface area (Å²) in [5.41, 5.74) is 2.59. The number of carbonyl (C=O) groups excluding carboxylic acids is 1. The molecule has 1 aliphatic rings. The second kappa shape index (κ2) is 9.85. The summed E-state index contributed by atoms with van der Waals surface area (Å²) in [6, 6.07) is 17.5. The van der Waals surface area contributed by atoms with E-state index >= 15 is 0 Å². The van der Waals surface area contributed by atoms with Crippen molar-refractivity contribution in [3.63, 3.8) is 0 Å². The van der Waals surface area contributed by atoms with Crippen molar-refractivity contribution in [3.05, 3.63) is 77.4 Å². The third kappa shape index (κ3) is 6.06. The van der Waals surface area contributed by atoms with E-state index < -0.39 is 5.97 Å². The minimum Gasteiger partial charge on any atom is -0.478 e. The number of piperidine rings is 1. The Labute approximate surface area is 165 Å². The predicted octanol–water partition coefficient (Wildman–Crippen LogP) is 3.43. The molecule has 0 radical (unpaired) electrons. The van der Waals surface area contributed by atoms with E-state index in [9.17, 15) is 9.59 Å². The van der Waals surface area contributed by atoms with Gasteiger partial charge in [-0.1, -0.05) is 42.5 Å². The van der Waals surface area contributed by atoms with Crippen LogP contribution >= 0.6 is 0 Å². The van der Waals surface area contributed by atoms with Crippen molar-refractivity contribution in [2.24, 2.45) is 5.92 Å². The zero-order chi connectivity index (χ0) is 19.8. The molecular weight excluding hydrogens is 352 g/mol. The van der Waals surface area contributed by atoms with Crippen molar-refractivity contribution in [1.29, 1.82) is 0 Å². The molecule has 2 N–H and O–H groups in total. The van der Waals surface area contributed by atoms with E-state index in [0.29, 0.717) is 23.6 Å². The summed E-state index contributed by atoms with van der Waals surface area (Å²) in [5.74, 6) is -0.628. The molecule has 5 heteroatoms. The average molecular weight is 378 g/mol. The molecule has 0 bridgehead atoms. The molecule has 0 aromatic heterocycles. The molecule has 5 nitrogen and oxygen atoms in total. The number of carboxylic acids is 1. The summed E-state index contributed by atoms with van der Waals surface area (Å²) in [5, 5.41) is 11.7. The summed E-state index contributed by atoms with van der Waals surface area (Å²) in [6.07, 6.45) is 4.71. The predicted molar refractivity (Wildman–Crippen MR) is 110 cm³/mol. The highest BCUT2D eigenvalue weighted by Gasteiger charge is 2.20. The number of amides is 1. The van der Waals surface area contributed by atoms with E-state index in [-0.39, 0.29) is 5.91 Å². The molecule has 28 heavy (non-hydrogen) atoms. The Balaban J connectivity index is 1.44. The fourth-order valence-electron chi connectivity index (χ4n) is 3.48. The fraction of sp³-hybridized carbons (Fsp3) is 0.304. The van der Waals surface area contributed by atoms with Crippen molar-refractivity contribution in [2.45, 2.75) is 19.4 Å². The van der Waals surface area contributed by atoms with Crippen LogP contribution in [0.15, 0.2) is 60.7 Å². The number of likely N-dealkylation sites (tertiary alicyclic amines) is 1. The Morgan fingerprint density at radius 1 is 1.07 bits per heavy atom. The number of carbonyl (C=O) groups is 2. The fourth-order valence-corrected chi connectivity index (χ4v) is 3.48. The van der Waals surface area contributed by atoms with Crippen LogP contribution in [0.25, 0.3) is 6.08 Å². The Kier molecular flexibility index (Phi) is 6.98. The first-order valence-corrected chi connectivity index (χ1v) is 9.66. The second-order valence-electron chi connectivity index (χ2n) is 7.21. The minimum absolute atomic E-state index is 0.114. The minimum atomic E-state index is -1.01. The van der Waals surface area contributed by atoms with Crippen LogP contribution in [0.5, 0.6) is 0 Å². The average Bonchev–Trinajstić information content (AvgIpc) is 2.72. The maximum atomic E-state index is 12.4. The zero-order valence-electron chi connectivity index (χ0n) is 15.9. The van der Waals surface area contributed by atoms with Gasteiger partial charge >= 0.3 is 5.97 Å². The standard InChI is InChI=1S/C23H26N2O3/c26-22(27)10-9-18-7-4-8-21(15-18)23(28)24-16-19-11-13-25(14-12-19)17-20-5-2-1-3-6-20/h1-10,15,19H,11-14,16-17H2,(H,24,28)(H,26,27). The molecule has 1 fully saturated rings. The largest absolute Gasteiger partial charge is 0.478 e. The number of nitrogens with zero attached hydrogens (tertiary/aromatic N) is 1. The molecule has 1 saturated heterocycles. The molecule has 0 aliphatic carbocycles. The van der Waals surface area contributed by atoms with Crippen molar-refractivity contribution in [3.8, 4) is 0 Å². The molecule has 0 saturated carbocycles. The first-order chi connectivity index (χ1) is 13.6. The molecule has 1 heterocycles. The topological polar surface area (TPSA) is 69.6 Å². The number of benzene rings is 2. The smallest absolute Gasteiger partial charge is 0.328 e. The lowest BCUT2D eigenvalue weighted by Gasteiger charge is -2.32. The maximum Gasteiger partial charge on any atom is 0.328 e. The highest BCUT2D eigenvalue weighted by molar-refractivity contribution is 5.95. The van der Waals surface area contributed by atoms with Gasteiger partial charge in [-0.15, -0.1) is 0 Å². The molecule has 2 aromatic rings. The highest BCUT2D eigenvalue weighted by atomic mass is 16.4. The first kappa shape index (κ1) is 19.8. The number of carboxylic acid groups (broad SMARTS) is 1. The van der Waals surface area contributed by atoms with Crippen molar-refractivity contribution in [2.75, 3.05) is 19.6 Å². The number of nitrogens with one attached hydrogen (secondary N) is 1. The van der Waals surface area contributed by atoms with Gasteiger partial charge in [-0.2, -0.15) is 0 Å². The van der Waals surface area contributed by atoms with Gasteiger partial charge in [0.15, 0.2) is 0 Å². The van der Waals surface area contributed by atoms with Crippen LogP contribution in [-0.4, -0.2) is 41.5 Å². The zero-order valence-corrected chi connectivity index (χ0v) is 15.9. The molecule has 0 atom stereocenters. The van der Waals surface area contributed by atoms with E-state index in [2.05, 4.69) is 34.5 Å². The first-order valence-electron chi connectivity index (χ1n) is 9.66. The molecule has 1 aliphatic heterocycles. The van der Waals surface area contributed by atoms with Crippen LogP contribution < -0.4 is 5.32 Å². The number of aliphatic carboxylic acids is 1. The summed E-state index contributed by atoms with van der Waals surface area (Å²) in [6.45, 7) is 3.75. The highest BCUT2D eigenvalue weighted by Crippen LogP contribution is 2.18. The van der Waals surface area contributed by atoms with Gasteiger partial charge in [0.1, 0.15) is 0 Å². The second-order valence-corrected chi connectivity index (χ2v) is 7.21. The van der Waals surface area contributed by atoms with Gasteiger partial charge in [0, 0.05) is 24.7 Å². The van der Waals surface area contributed by atoms with E-state index in [1.54, 1.807) is 24.3 Å². The number of hydrogen-bond donors (Lipinski definition) is 2. The van der Waals surface area contributed by atoms with Crippen LogP contribution in [0, 0.1) is 5.92 Å². The van der Waals surface area contributed by atoms with Gasteiger partial charge in [-0.25, -0.2) is 4.79 Å². The van der Waals surface area contributed by atoms with Gasteiger partial charge < -0.3 is 10.4 Å². The number of rotatable bonds is 7. The lowest BCUT2D eigenvalue weighted by Crippen LogP contribution is -2.38. The van der Waals surface area contributed by atoms with Gasteiger partial charge in [-0.05, 0) is 61.2 Å². The summed E-state index contributed by atoms with van der Waals surface area (Å²) < 4.78 is 0. The lowest BCUT2D eigenvalue weighted by molar-refractivity contribution is -0.131. The van der Waals surface area contributed by atoms with Crippen LogP contribution in [-0.2, 0) is 11.3 Å².